The maximum Gasteiger partial charge on any atom is 0.243 e. The van der Waals surface area contributed by atoms with Crippen LogP contribution < -0.4 is 4.74 Å². The summed E-state index contributed by atoms with van der Waals surface area (Å²) < 4.78 is 33.0. The van der Waals surface area contributed by atoms with Gasteiger partial charge < -0.3 is 9.64 Å². The van der Waals surface area contributed by atoms with Crippen LogP contribution in [0, 0.1) is 0 Å². The van der Waals surface area contributed by atoms with Crippen molar-refractivity contribution in [2.24, 2.45) is 0 Å². The fourth-order valence-electron chi connectivity index (χ4n) is 3.02. The van der Waals surface area contributed by atoms with Crippen molar-refractivity contribution in [1.82, 2.24) is 9.21 Å². The van der Waals surface area contributed by atoms with Crippen molar-refractivity contribution >= 4 is 22.4 Å². The molecule has 2 aromatic carbocycles. The van der Waals surface area contributed by atoms with Crippen LogP contribution in [0.1, 0.15) is 11.6 Å². The summed E-state index contributed by atoms with van der Waals surface area (Å²) in [6.45, 7) is 1.88. The first-order valence-corrected chi connectivity index (χ1v) is 9.36. The Bertz CT molecular complexity index is 782. The zero-order valence-electron chi connectivity index (χ0n) is 14.3. The Morgan fingerprint density at radius 2 is 1.64 bits per heavy atom. The topological polar surface area (TPSA) is 49.9 Å². The van der Waals surface area contributed by atoms with E-state index in [4.69, 9.17) is 4.74 Å². The first-order valence-electron chi connectivity index (χ1n) is 7.92. The third kappa shape index (κ3) is 4.15. The molecule has 0 amide bonds. The van der Waals surface area contributed by atoms with E-state index in [-0.39, 0.29) is 18.4 Å². The molecule has 0 radical (unpaired) electrons. The molecule has 3 rings (SSSR count). The average Bonchev–Trinajstić information content (AvgIpc) is 2.62. The Morgan fingerprint density at radius 3 is 2.24 bits per heavy atom. The van der Waals surface area contributed by atoms with E-state index in [1.807, 2.05) is 37.4 Å². The van der Waals surface area contributed by atoms with Gasteiger partial charge in [-0.2, -0.15) is 4.31 Å². The van der Waals surface area contributed by atoms with Gasteiger partial charge in [-0.1, -0.05) is 30.3 Å². The molecule has 25 heavy (non-hydrogen) atoms. The number of piperazine rings is 1. The summed E-state index contributed by atoms with van der Waals surface area (Å²) in [5.74, 6) is 0.645. The average molecular weight is 383 g/mol. The molecule has 2 aromatic rings. The van der Waals surface area contributed by atoms with Crippen LogP contribution in [0.5, 0.6) is 5.75 Å². The van der Waals surface area contributed by atoms with Gasteiger partial charge in [0.05, 0.1) is 18.0 Å². The van der Waals surface area contributed by atoms with Gasteiger partial charge >= 0.3 is 0 Å². The molecular weight excluding hydrogens is 360 g/mol. The van der Waals surface area contributed by atoms with E-state index >= 15 is 0 Å². The number of hydrogen-bond acceptors (Lipinski definition) is 4. The molecule has 0 spiro atoms. The molecule has 0 aliphatic carbocycles. The lowest BCUT2D eigenvalue weighted by atomic mass is 10.1. The van der Waals surface area contributed by atoms with Crippen LogP contribution in [0.15, 0.2) is 59.5 Å². The van der Waals surface area contributed by atoms with Crippen LogP contribution in [0.4, 0.5) is 0 Å². The largest absolute Gasteiger partial charge is 0.497 e. The standard InChI is InChI=1S/C18H22N2O3S.ClH/c1-19-12-13-20(18(14-19)15-6-4-3-5-7-15)24(21,22)17-10-8-16(23-2)9-11-17;/h3-11,18H,12-14H2,1-2H3;1H. The van der Waals surface area contributed by atoms with Gasteiger partial charge in [-0.25, -0.2) is 8.42 Å². The van der Waals surface area contributed by atoms with Crippen molar-refractivity contribution in [3.05, 3.63) is 60.2 Å². The van der Waals surface area contributed by atoms with E-state index in [0.717, 1.165) is 12.1 Å². The Labute approximate surface area is 155 Å². The molecule has 7 heteroatoms. The molecule has 1 aliphatic heterocycles. The summed E-state index contributed by atoms with van der Waals surface area (Å²) in [5.41, 5.74) is 1.01. The molecule has 0 aromatic heterocycles. The minimum Gasteiger partial charge on any atom is -0.497 e. The number of sulfonamides is 1. The first kappa shape index (κ1) is 19.7. The van der Waals surface area contributed by atoms with Crippen LogP contribution in [0.25, 0.3) is 0 Å². The van der Waals surface area contributed by atoms with Gasteiger partial charge in [-0.15, -0.1) is 12.4 Å². The van der Waals surface area contributed by atoms with Gasteiger partial charge in [-0.3, -0.25) is 0 Å². The number of ether oxygens (including phenoxy) is 1. The third-order valence-electron chi connectivity index (χ3n) is 4.38. The number of nitrogens with zero attached hydrogens (tertiary/aromatic N) is 2. The zero-order valence-corrected chi connectivity index (χ0v) is 16.0. The van der Waals surface area contributed by atoms with Crippen molar-refractivity contribution in [3.63, 3.8) is 0 Å². The van der Waals surface area contributed by atoms with Crippen molar-refractivity contribution in [1.29, 1.82) is 0 Å². The molecule has 1 fully saturated rings. The highest BCUT2D eigenvalue weighted by Gasteiger charge is 2.35. The fourth-order valence-corrected chi connectivity index (χ4v) is 4.62. The van der Waals surface area contributed by atoms with Gasteiger partial charge in [0.15, 0.2) is 0 Å². The third-order valence-corrected chi connectivity index (χ3v) is 6.31. The number of rotatable bonds is 4. The lowest BCUT2D eigenvalue weighted by molar-refractivity contribution is 0.160. The van der Waals surface area contributed by atoms with E-state index < -0.39 is 10.0 Å². The monoisotopic (exact) mass is 382 g/mol. The van der Waals surface area contributed by atoms with E-state index in [2.05, 4.69) is 4.90 Å². The highest BCUT2D eigenvalue weighted by molar-refractivity contribution is 7.89. The van der Waals surface area contributed by atoms with Crippen molar-refractivity contribution in [2.45, 2.75) is 10.9 Å². The van der Waals surface area contributed by atoms with E-state index in [0.29, 0.717) is 23.7 Å². The molecule has 1 heterocycles. The lowest BCUT2D eigenvalue weighted by Crippen LogP contribution is -2.49. The first-order chi connectivity index (χ1) is 11.5. The molecule has 0 bridgehead atoms. The quantitative estimate of drug-likeness (QED) is 0.815. The second-order valence-electron chi connectivity index (χ2n) is 5.98. The molecule has 1 saturated heterocycles. The summed E-state index contributed by atoms with van der Waals surface area (Å²) in [5, 5.41) is 0. The highest BCUT2D eigenvalue weighted by Crippen LogP contribution is 2.31. The molecule has 1 atom stereocenters. The Balaban J connectivity index is 0.00000225. The Morgan fingerprint density at radius 1 is 1.00 bits per heavy atom. The number of halogens is 1. The van der Waals surface area contributed by atoms with Gasteiger partial charge in [0, 0.05) is 19.6 Å². The Hall–Kier alpha value is -1.60. The minimum absolute atomic E-state index is 0. The summed E-state index contributed by atoms with van der Waals surface area (Å²) in [7, 11) is 0.0294. The van der Waals surface area contributed by atoms with Crippen LogP contribution in [-0.4, -0.2) is 51.4 Å². The SMILES string of the molecule is COc1ccc(S(=O)(=O)N2CCN(C)CC2c2ccccc2)cc1.Cl. The van der Waals surface area contributed by atoms with Crippen molar-refractivity contribution < 1.29 is 13.2 Å². The van der Waals surface area contributed by atoms with Crippen LogP contribution in [0.3, 0.4) is 0 Å². The molecular formula is C18H23ClN2O3S. The number of methoxy groups -OCH3 is 1. The van der Waals surface area contributed by atoms with Crippen LogP contribution in [-0.2, 0) is 10.0 Å². The summed E-state index contributed by atoms with van der Waals surface area (Å²) in [4.78, 5) is 2.46. The second-order valence-corrected chi connectivity index (χ2v) is 7.87. The van der Waals surface area contributed by atoms with E-state index in [1.165, 1.54) is 0 Å². The van der Waals surface area contributed by atoms with E-state index in [1.54, 1.807) is 35.7 Å². The predicted octanol–water partition coefficient (Wildman–Crippen LogP) is 2.79. The maximum absolute atomic E-state index is 13.1. The number of hydrogen-bond donors (Lipinski definition) is 0. The van der Waals surface area contributed by atoms with E-state index in [9.17, 15) is 8.42 Å². The maximum atomic E-state index is 13.1. The minimum atomic E-state index is -3.56. The van der Waals surface area contributed by atoms with Gasteiger partial charge in [0.25, 0.3) is 0 Å². The van der Waals surface area contributed by atoms with Crippen LogP contribution in [0.2, 0.25) is 0 Å². The summed E-state index contributed by atoms with van der Waals surface area (Å²) in [6.07, 6.45) is 0. The van der Waals surface area contributed by atoms with Gasteiger partial charge in [0.2, 0.25) is 10.0 Å². The molecule has 0 N–H and O–H groups in total. The summed E-state index contributed by atoms with van der Waals surface area (Å²) >= 11 is 0. The molecule has 0 saturated carbocycles. The van der Waals surface area contributed by atoms with Gasteiger partial charge in [0.1, 0.15) is 5.75 Å². The highest BCUT2D eigenvalue weighted by atomic mass is 35.5. The lowest BCUT2D eigenvalue weighted by Gasteiger charge is -2.39. The Kier molecular flexibility index (Phi) is 6.46. The molecule has 136 valence electrons. The normalized spacial score (nSPS) is 19.2. The second kappa shape index (κ2) is 8.19. The number of benzene rings is 2. The fraction of sp³-hybridized carbons (Fsp3) is 0.333. The van der Waals surface area contributed by atoms with Crippen molar-refractivity contribution in [2.75, 3.05) is 33.8 Å². The van der Waals surface area contributed by atoms with Crippen LogP contribution >= 0.6 is 12.4 Å². The number of likely N-dealkylation sites (N-methyl/N-ethyl adjacent to an activating group) is 1. The van der Waals surface area contributed by atoms with Gasteiger partial charge in [-0.05, 0) is 36.9 Å². The predicted molar refractivity (Wildman–Crippen MR) is 101 cm³/mol. The van der Waals surface area contributed by atoms with Crippen molar-refractivity contribution in [3.8, 4) is 5.75 Å². The zero-order chi connectivity index (χ0) is 17.2. The molecule has 5 nitrogen and oxygen atoms in total. The molecule has 1 unspecified atom stereocenters. The summed E-state index contributed by atoms with van der Waals surface area (Å²) in [6, 6.07) is 16.2. The smallest absolute Gasteiger partial charge is 0.243 e. The molecule has 1 aliphatic rings.